The summed E-state index contributed by atoms with van der Waals surface area (Å²) < 4.78 is 1.71. The Hall–Kier alpha value is -2.12. The van der Waals surface area contributed by atoms with E-state index in [9.17, 15) is 9.59 Å². The minimum Gasteiger partial charge on any atom is -0.481 e. The van der Waals surface area contributed by atoms with Crippen molar-refractivity contribution in [2.75, 3.05) is 6.54 Å². The molecule has 1 atom stereocenters. The minimum atomic E-state index is -0.845. The van der Waals surface area contributed by atoms with Crippen molar-refractivity contribution in [1.29, 1.82) is 0 Å². The summed E-state index contributed by atoms with van der Waals surface area (Å²) in [5, 5.41) is 21.8. The number of nitrogens with one attached hydrogen (secondary N) is 2. The van der Waals surface area contributed by atoms with Crippen molar-refractivity contribution in [1.82, 2.24) is 25.4 Å². The van der Waals surface area contributed by atoms with Crippen LogP contribution < -0.4 is 10.6 Å². The molecule has 0 radical (unpaired) electrons. The molecule has 0 saturated heterocycles. The van der Waals surface area contributed by atoms with Crippen LogP contribution in [0, 0.1) is 11.8 Å². The van der Waals surface area contributed by atoms with Crippen molar-refractivity contribution in [3.63, 3.8) is 0 Å². The summed E-state index contributed by atoms with van der Waals surface area (Å²) in [7, 11) is 1.79. The predicted molar refractivity (Wildman–Crippen MR) is 76.4 cm³/mol. The first-order chi connectivity index (χ1) is 9.88. The average molecular weight is 297 g/mol. The second-order valence-electron chi connectivity index (χ2n) is 5.52. The van der Waals surface area contributed by atoms with E-state index in [4.69, 9.17) is 5.11 Å². The lowest BCUT2D eigenvalue weighted by molar-refractivity contribution is -0.138. The van der Waals surface area contributed by atoms with Gasteiger partial charge in [0.25, 0.3) is 0 Å². The van der Waals surface area contributed by atoms with E-state index in [0.717, 1.165) is 6.42 Å². The monoisotopic (exact) mass is 297 g/mol. The fraction of sp³-hybridized carbons (Fsp3) is 0.692. The molecule has 0 aliphatic carbocycles. The highest BCUT2D eigenvalue weighted by atomic mass is 16.4. The van der Waals surface area contributed by atoms with Gasteiger partial charge in [-0.3, -0.25) is 4.79 Å². The molecule has 118 valence electrons. The van der Waals surface area contributed by atoms with Gasteiger partial charge in [-0.15, -0.1) is 10.2 Å². The van der Waals surface area contributed by atoms with Crippen molar-refractivity contribution in [2.24, 2.45) is 18.9 Å². The number of hydrogen-bond donors (Lipinski definition) is 3. The first-order valence-corrected chi connectivity index (χ1v) is 6.94. The summed E-state index contributed by atoms with van der Waals surface area (Å²) in [4.78, 5) is 22.5. The van der Waals surface area contributed by atoms with Gasteiger partial charge in [0.2, 0.25) is 0 Å². The van der Waals surface area contributed by atoms with E-state index in [1.54, 1.807) is 17.9 Å². The van der Waals surface area contributed by atoms with Crippen LogP contribution in [0.4, 0.5) is 4.79 Å². The van der Waals surface area contributed by atoms with E-state index in [-0.39, 0.29) is 24.9 Å². The van der Waals surface area contributed by atoms with Crippen molar-refractivity contribution < 1.29 is 14.7 Å². The number of aromatic nitrogens is 3. The second kappa shape index (κ2) is 8.23. The molecule has 1 heterocycles. The van der Waals surface area contributed by atoms with Gasteiger partial charge in [0.1, 0.15) is 6.33 Å². The third-order valence-corrected chi connectivity index (χ3v) is 3.03. The summed E-state index contributed by atoms with van der Waals surface area (Å²) in [6, 6.07) is -0.336. The molecular formula is C13H23N5O3. The SMILES string of the molecule is CC(C)CC(CNC(=O)NCc1nncn1C)CC(=O)O. The van der Waals surface area contributed by atoms with Crippen LogP contribution in [0.25, 0.3) is 0 Å². The largest absolute Gasteiger partial charge is 0.481 e. The number of rotatable bonds is 8. The molecule has 0 bridgehead atoms. The maximum atomic E-state index is 11.7. The van der Waals surface area contributed by atoms with Crippen LogP contribution in [0.3, 0.4) is 0 Å². The molecule has 8 nitrogen and oxygen atoms in total. The zero-order valence-electron chi connectivity index (χ0n) is 12.7. The number of hydrogen-bond acceptors (Lipinski definition) is 4. The molecule has 8 heteroatoms. The molecule has 0 aromatic carbocycles. The van der Waals surface area contributed by atoms with Crippen LogP contribution in [0.15, 0.2) is 6.33 Å². The predicted octanol–water partition coefficient (Wildman–Crippen LogP) is 0.751. The van der Waals surface area contributed by atoms with Gasteiger partial charge < -0.3 is 20.3 Å². The molecule has 0 saturated carbocycles. The molecule has 1 rings (SSSR count). The quantitative estimate of drug-likeness (QED) is 0.656. The fourth-order valence-electron chi connectivity index (χ4n) is 2.08. The number of carbonyl (C=O) groups excluding carboxylic acids is 1. The number of aryl methyl sites for hydroxylation is 1. The standard InChI is InChI=1S/C13H23N5O3/c1-9(2)4-10(5-12(19)20)6-14-13(21)15-7-11-17-16-8-18(11)3/h8-10H,4-7H2,1-3H3,(H,19,20)(H2,14,15,21). The molecule has 0 fully saturated rings. The number of carboxylic acid groups (broad SMARTS) is 1. The highest BCUT2D eigenvalue weighted by Gasteiger charge is 2.16. The topological polar surface area (TPSA) is 109 Å². The van der Waals surface area contributed by atoms with E-state index in [0.29, 0.717) is 18.3 Å². The lowest BCUT2D eigenvalue weighted by Gasteiger charge is -2.18. The molecule has 0 spiro atoms. The minimum absolute atomic E-state index is 0.0573. The van der Waals surface area contributed by atoms with Gasteiger partial charge in [-0.1, -0.05) is 13.8 Å². The number of urea groups is 1. The van der Waals surface area contributed by atoms with Gasteiger partial charge >= 0.3 is 12.0 Å². The van der Waals surface area contributed by atoms with Crippen LogP contribution in [0.1, 0.15) is 32.5 Å². The Balaban J connectivity index is 2.35. The summed E-state index contributed by atoms with van der Waals surface area (Å²) in [5.74, 6) is 0.122. The fourth-order valence-corrected chi connectivity index (χ4v) is 2.08. The summed E-state index contributed by atoms with van der Waals surface area (Å²) in [5.41, 5.74) is 0. The molecule has 1 aromatic heterocycles. The Bertz CT molecular complexity index is 472. The Morgan fingerprint density at radius 2 is 2.10 bits per heavy atom. The van der Waals surface area contributed by atoms with Gasteiger partial charge in [0, 0.05) is 20.0 Å². The Kier molecular flexibility index (Phi) is 6.64. The number of nitrogens with zero attached hydrogens (tertiary/aromatic N) is 3. The van der Waals surface area contributed by atoms with Gasteiger partial charge in [-0.05, 0) is 18.3 Å². The van der Waals surface area contributed by atoms with Crippen LogP contribution in [-0.2, 0) is 18.4 Å². The molecule has 0 aliphatic rings. The highest BCUT2D eigenvalue weighted by molar-refractivity contribution is 5.73. The average Bonchev–Trinajstić information content (AvgIpc) is 2.77. The van der Waals surface area contributed by atoms with Crippen LogP contribution in [0.5, 0.6) is 0 Å². The maximum absolute atomic E-state index is 11.7. The Labute approximate surface area is 123 Å². The van der Waals surface area contributed by atoms with E-state index in [2.05, 4.69) is 20.8 Å². The van der Waals surface area contributed by atoms with Crippen molar-refractivity contribution in [3.8, 4) is 0 Å². The normalized spacial score (nSPS) is 12.2. The van der Waals surface area contributed by atoms with Crippen molar-refractivity contribution in [3.05, 3.63) is 12.2 Å². The van der Waals surface area contributed by atoms with Gasteiger partial charge in [-0.25, -0.2) is 4.79 Å². The highest BCUT2D eigenvalue weighted by Crippen LogP contribution is 2.14. The maximum Gasteiger partial charge on any atom is 0.315 e. The molecule has 2 amide bonds. The first kappa shape index (κ1) is 16.9. The smallest absolute Gasteiger partial charge is 0.315 e. The number of aliphatic carboxylic acids is 1. The van der Waals surface area contributed by atoms with E-state index in [1.807, 2.05) is 13.8 Å². The van der Waals surface area contributed by atoms with E-state index in [1.165, 1.54) is 0 Å². The Morgan fingerprint density at radius 1 is 1.38 bits per heavy atom. The molecule has 3 N–H and O–H groups in total. The van der Waals surface area contributed by atoms with Crippen LogP contribution in [0.2, 0.25) is 0 Å². The zero-order chi connectivity index (χ0) is 15.8. The van der Waals surface area contributed by atoms with E-state index < -0.39 is 5.97 Å². The first-order valence-electron chi connectivity index (χ1n) is 6.94. The Morgan fingerprint density at radius 3 is 2.62 bits per heavy atom. The number of carboxylic acids is 1. The van der Waals surface area contributed by atoms with E-state index >= 15 is 0 Å². The zero-order valence-corrected chi connectivity index (χ0v) is 12.7. The number of amides is 2. The lowest BCUT2D eigenvalue weighted by Crippen LogP contribution is -2.39. The van der Waals surface area contributed by atoms with Crippen LogP contribution in [-0.4, -0.2) is 38.4 Å². The van der Waals surface area contributed by atoms with Crippen molar-refractivity contribution in [2.45, 2.75) is 33.2 Å². The molecule has 1 aromatic rings. The van der Waals surface area contributed by atoms with Crippen LogP contribution >= 0.6 is 0 Å². The van der Waals surface area contributed by atoms with Crippen molar-refractivity contribution >= 4 is 12.0 Å². The molecule has 21 heavy (non-hydrogen) atoms. The van der Waals surface area contributed by atoms with Gasteiger partial charge in [-0.2, -0.15) is 0 Å². The summed E-state index contributed by atoms with van der Waals surface area (Å²) >= 11 is 0. The molecule has 0 aliphatic heterocycles. The second-order valence-corrected chi connectivity index (χ2v) is 5.52. The molecule has 1 unspecified atom stereocenters. The lowest BCUT2D eigenvalue weighted by atomic mass is 9.94. The number of carbonyl (C=O) groups is 2. The summed E-state index contributed by atoms with van der Waals surface area (Å²) in [6.45, 7) is 4.68. The third kappa shape index (κ3) is 6.73. The third-order valence-electron chi connectivity index (χ3n) is 3.03. The van der Waals surface area contributed by atoms with Gasteiger partial charge in [0.05, 0.1) is 6.54 Å². The summed E-state index contributed by atoms with van der Waals surface area (Å²) in [6.07, 6.45) is 2.37. The van der Waals surface area contributed by atoms with Gasteiger partial charge in [0.15, 0.2) is 5.82 Å². The molecular weight excluding hydrogens is 274 g/mol.